The van der Waals surface area contributed by atoms with Crippen LogP contribution in [0.2, 0.25) is 0 Å². The summed E-state index contributed by atoms with van der Waals surface area (Å²) in [5, 5.41) is 23.2. The molecule has 1 aliphatic carbocycles. The Balaban J connectivity index is 1.47. The van der Waals surface area contributed by atoms with Crippen LogP contribution in [0.25, 0.3) is 0 Å². The van der Waals surface area contributed by atoms with Gasteiger partial charge >= 0.3 is 0 Å². The van der Waals surface area contributed by atoms with Gasteiger partial charge in [-0.3, -0.25) is 4.90 Å². The summed E-state index contributed by atoms with van der Waals surface area (Å²) in [5.41, 5.74) is 1.14. The summed E-state index contributed by atoms with van der Waals surface area (Å²) in [5.74, 6) is 1.31. The zero-order chi connectivity index (χ0) is 22.9. The maximum atomic E-state index is 10.1. The second kappa shape index (κ2) is 12.8. The quantitative estimate of drug-likeness (QED) is 0.451. The number of likely N-dealkylation sites (tertiary alicyclic amines) is 1. The van der Waals surface area contributed by atoms with Gasteiger partial charge in [0, 0.05) is 31.7 Å². The Morgan fingerprint density at radius 2 is 1.97 bits per heavy atom. The van der Waals surface area contributed by atoms with Crippen molar-refractivity contribution in [1.29, 1.82) is 0 Å². The molecule has 1 aromatic rings. The average molecular weight is 451 g/mol. The first-order chi connectivity index (χ1) is 15.5. The lowest BCUT2D eigenvalue weighted by Crippen LogP contribution is -2.46. The lowest BCUT2D eigenvalue weighted by molar-refractivity contribution is -0.0316. The first-order valence-electron chi connectivity index (χ1n) is 12.2. The maximum absolute atomic E-state index is 10.1. The number of nitrogens with one attached hydrogen (secondary N) is 1. The Morgan fingerprint density at radius 1 is 1.16 bits per heavy atom. The highest BCUT2D eigenvalue weighted by Gasteiger charge is 2.34. The molecule has 1 saturated heterocycles. The van der Waals surface area contributed by atoms with Crippen LogP contribution in [0.3, 0.4) is 0 Å². The van der Waals surface area contributed by atoms with Crippen LogP contribution in [0.4, 0.5) is 0 Å². The summed E-state index contributed by atoms with van der Waals surface area (Å²) in [6.45, 7) is 7.23. The third kappa shape index (κ3) is 7.59. The highest BCUT2D eigenvalue weighted by molar-refractivity contribution is 5.43. The SMILES string of the molecule is COc1cc(CCO[C@@H]2CCCC[C@@H]2N2CCC(O)C2)ccc1OC[C@@H](O)CNC(C)C. The molecular formula is C25H42N2O5. The van der Waals surface area contributed by atoms with Crippen molar-refractivity contribution in [2.45, 2.75) is 82.8 Å². The fourth-order valence-electron chi connectivity index (χ4n) is 4.69. The number of hydrogen-bond acceptors (Lipinski definition) is 7. The van der Waals surface area contributed by atoms with Crippen molar-refractivity contribution in [2.75, 3.05) is 40.0 Å². The van der Waals surface area contributed by atoms with Crippen molar-refractivity contribution in [3.63, 3.8) is 0 Å². The molecule has 1 saturated carbocycles. The van der Waals surface area contributed by atoms with Crippen molar-refractivity contribution in [2.24, 2.45) is 0 Å². The van der Waals surface area contributed by atoms with Crippen molar-refractivity contribution in [3.05, 3.63) is 23.8 Å². The summed E-state index contributed by atoms with van der Waals surface area (Å²) in [6, 6.07) is 6.70. The van der Waals surface area contributed by atoms with Crippen LogP contribution in [0.5, 0.6) is 11.5 Å². The van der Waals surface area contributed by atoms with Crippen LogP contribution in [0.1, 0.15) is 51.5 Å². The Labute approximate surface area is 193 Å². The number of aliphatic hydroxyl groups excluding tert-OH is 2. The second-order valence-corrected chi connectivity index (χ2v) is 9.46. The van der Waals surface area contributed by atoms with Crippen molar-refractivity contribution < 1.29 is 24.4 Å². The van der Waals surface area contributed by atoms with E-state index in [-0.39, 0.29) is 18.8 Å². The van der Waals surface area contributed by atoms with Gasteiger partial charge < -0.3 is 29.7 Å². The molecule has 1 aromatic carbocycles. The van der Waals surface area contributed by atoms with Gasteiger partial charge in [-0.1, -0.05) is 32.8 Å². The molecule has 7 heteroatoms. The molecule has 7 nitrogen and oxygen atoms in total. The first-order valence-corrected chi connectivity index (χ1v) is 12.2. The molecule has 1 heterocycles. The molecule has 2 fully saturated rings. The van der Waals surface area contributed by atoms with E-state index in [1.54, 1.807) is 7.11 Å². The van der Waals surface area contributed by atoms with Gasteiger partial charge in [0.1, 0.15) is 12.7 Å². The van der Waals surface area contributed by atoms with E-state index in [2.05, 4.69) is 10.2 Å². The monoisotopic (exact) mass is 450 g/mol. The fraction of sp³-hybridized carbons (Fsp3) is 0.760. The number of rotatable bonds is 12. The molecule has 0 spiro atoms. The minimum absolute atomic E-state index is 0.182. The molecular weight excluding hydrogens is 408 g/mol. The van der Waals surface area contributed by atoms with Crippen LogP contribution in [0.15, 0.2) is 18.2 Å². The van der Waals surface area contributed by atoms with Gasteiger partial charge in [0.2, 0.25) is 0 Å². The van der Waals surface area contributed by atoms with Crippen molar-refractivity contribution in [1.82, 2.24) is 10.2 Å². The maximum Gasteiger partial charge on any atom is 0.161 e. The van der Waals surface area contributed by atoms with Crippen LogP contribution < -0.4 is 14.8 Å². The third-order valence-corrected chi connectivity index (χ3v) is 6.48. The molecule has 1 unspecified atom stereocenters. The fourth-order valence-corrected chi connectivity index (χ4v) is 4.69. The third-order valence-electron chi connectivity index (χ3n) is 6.48. The zero-order valence-electron chi connectivity index (χ0n) is 20.0. The number of hydrogen-bond donors (Lipinski definition) is 3. The normalized spacial score (nSPS) is 25.2. The number of methoxy groups -OCH3 is 1. The van der Waals surface area contributed by atoms with Gasteiger partial charge in [0.15, 0.2) is 11.5 Å². The van der Waals surface area contributed by atoms with Crippen LogP contribution >= 0.6 is 0 Å². The summed E-state index contributed by atoms with van der Waals surface area (Å²) < 4.78 is 17.6. The summed E-state index contributed by atoms with van der Waals surface area (Å²) in [4.78, 5) is 2.43. The topological polar surface area (TPSA) is 83.4 Å². The number of nitrogens with zero attached hydrogens (tertiary/aromatic N) is 1. The first kappa shape index (κ1) is 25.2. The lowest BCUT2D eigenvalue weighted by atomic mass is 9.91. The Bertz CT molecular complexity index is 686. The Kier molecular flexibility index (Phi) is 10.1. The highest BCUT2D eigenvalue weighted by Crippen LogP contribution is 2.30. The van der Waals surface area contributed by atoms with E-state index in [9.17, 15) is 10.2 Å². The minimum Gasteiger partial charge on any atom is -0.493 e. The van der Waals surface area contributed by atoms with E-state index >= 15 is 0 Å². The van der Waals surface area contributed by atoms with E-state index < -0.39 is 6.10 Å². The van der Waals surface area contributed by atoms with Gasteiger partial charge in [-0.15, -0.1) is 0 Å². The summed E-state index contributed by atoms with van der Waals surface area (Å²) >= 11 is 0. The van der Waals surface area contributed by atoms with E-state index in [4.69, 9.17) is 14.2 Å². The Hall–Kier alpha value is -1.38. The highest BCUT2D eigenvalue weighted by atomic mass is 16.5. The molecule has 0 amide bonds. The summed E-state index contributed by atoms with van der Waals surface area (Å²) in [7, 11) is 1.64. The molecule has 0 aromatic heterocycles. The summed E-state index contributed by atoms with van der Waals surface area (Å²) in [6.07, 6.45) is 5.91. The van der Waals surface area contributed by atoms with E-state index in [0.717, 1.165) is 44.3 Å². The molecule has 0 bridgehead atoms. The van der Waals surface area contributed by atoms with Crippen LogP contribution in [0, 0.1) is 0 Å². The zero-order valence-corrected chi connectivity index (χ0v) is 20.0. The standard InChI is InChI=1S/C25H42N2O5/c1-18(2)26-15-21(29)17-32-24-9-8-19(14-25(24)30-3)11-13-31-23-7-5-4-6-22(23)27-12-10-20(28)16-27/h8-9,14,18,20-23,26,28-29H,4-7,10-13,15-17H2,1-3H3/t20?,21-,22-,23+/m0/s1. The van der Waals surface area contributed by atoms with E-state index in [1.165, 1.54) is 12.8 Å². The molecule has 3 N–H and O–H groups in total. The molecule has 182 valence electrons. The number of ether oxygens (including phenoxy) is 3. The van der Waals surface area contributed by atoms with Gasteiger partial charge in [-0.05, 0) is 43.4 Å². The predicted molar refractivity (Wildman–Crippen MR) is 126 cm³/mol. The van der Waals surface area contributed by atoms with Gasteiger partial charge in [0.05, 0.1) is 25.9 Å². The molecule has 2 aliphatic rings. The van der Waals surface area contributed by atoms with Crippen LogP contribution in [-0.4, -0.2) is 85.5 Å². The van der Waals surface area contributed by atoms with Gasteiger partial charge in [-0.25, -0.2) is 0 Å². The van der Waals surface area contributed by atoms with Gasteiger partial charge in [0.25, 0.3) is 0 Å². The van der Waals surface area contributed by atoms with Gasteiger partial charge in [-0.2, -0.15) is 0 Å². The molecule has 1 aliphatic heterocycles. The van der Waals surface area contributed by atoms with E-state index in [1.807, 2.05) is 32.0 Å². The largest absolute Gasteiger partial charge is 0.493 e. The minimum atomic E-state index is -0.574. The second-order valence-electron chi connectivity index (χ2n) is 9.46. The molecule has 4 atom stereocenters. The van der Waals surface area contributed by atoms with Crippen LogP contribution in [-0.2, 0) is 11.2 Å². The number of β-amino-alcohol motifs (C(OH)–C–C–N with tert-alkyl or cyclic N) is 1. The van der Waals surface area contributed by atoms with Crippen molar-refractivity contribution in [3.8, 4) is 11.5 Å². The smallest absolute Gasteiger partial charge is 0.161 e. The molecule has 0 radical (unpaired) electrons. The Morgan fingerprint density at radius 3 is 2.69 bits per heavy atom. The number of aliphatic hydroxyl groups is 2. The number of benzene rings is 1. The molecule has 3 rings (SSSR count). The predicted octanol–water partition coefficient (Wildman–Crippen LogP) is 2.37. The average Bonchev–Trinajstić information content (AvgIpc) is 3.23. The van der Waals surface area contributed by atoms with E-state index in [0.29, 0.717) is 36.7 Å². The van der Waals surface area contributed by atoms with Crippen molar-refractivity contribution >= 4 is 0 Å². The molecule has 32 heavy (non-hydrogen) atoms. The lowest BCUT2D eigenvalue weighted by Gasteiger charge is -2.37.